The molecule has 0 saturated carbocycles. The number of piperidine rings is 1. The number of nitrogens with one attached hydrogen (secondary N) is 1. The van der Waals surface area contributed by atoms with Crippen molar-refractivity contribution < 1.29 is 9.53 Å². The molecule has 1 aliphatic heterocycles. The molecule has 0 aliphatic carbocycles. The predicted octanol–water partition coefficient (Wildman–Crippen LogP) is 1.38. The smallest absolute Gasteiger partial charge is 0.242 e. The molecule has 1 aromatic rings. The maximum Gasteiger partial charge on any atom is 0.242 e. The van der Waals surface area contributed by atoms with E-state index in [2.05, 4.69) is 10.2 Å². The lowest BCUT2D eigenvalue weighted by Crippen LogP contribution is -2.49. The van der Waals surface area contributed by atoms with Crippen molar-refractivity contribution >= 4 is 17.3 Å². The number of hydrogen-bond acceptors (Lipinski definition) is 4. The summed E-state index contributed by atoms with van der Waals surface area (Å²) in [5.74, 6) is 0.695. The molecular weight excluding hydrogens is 242 g/mol. The number of carbonyl (C=O) groups excluding carboxylic acids is 1. The highest BCUT2D eigenvalue weighted by Crippen LogP contribution is 2.35. The first-order valence-corrected chi connectivity index (χ1v) is 6.59. The van der Waals surface area contributed by atoms with Crippen LogP contribution in [-0.2, 0) is 4.79 Å². The molecule has 5 heteroatoms. The number of methoxy groups -OCH3 is 1. The molecular formula is C14H21N3O2. The minimum atomic E-state index is -0.145. The maximum atomic E-state index is 12.0. The van der Waals surface area contributed by atoms with Gasteiger partial charge in [0.2, 0.25) is 5.91 Å². The summed E-state index contributed by atoms with van der Waals surface area (Å²) < 4.78 is 5.25. The summed E-state index contributed by atoms with van der Waals surface area (Å²) in [7, 11) is 3.27. The Balaban J connectivity index is 2.35. The Morgan fingerprint density at radius 1 is 1.47 bits per heavy atom. The second-order valence-corrected chi connectivity index (χ2v) is 4.71. The van der Waals surface area contributed by atoms with Crippen molar-refractivity contribution in [2.45, 2.75) is 25.3 Å². The van der Waals surface area contributed by atoms with E-state index in [0.717, 1.165) is 31.5 Å². The Labute approximate surface area is 113 Å². The van der Waals surface area contributed by atoms with E-state index in [1.807, 2.05) is 18.2 Å². The van der Waals surface area contributed by atoms with Gasteiger partial charge >= 0.3 is 0 Å². The van der Waals surface area contributed by atoms with Crippen molar-refractivity contribution in [1.29, 1.82) is 0 Å². The van der Waals surface area contributed by atoms with Crippen LogP contribution >= 0.6 is 0 Å². The van der Waals surface area contributed by atoms with Crippen LogP contribution in [0.25, 0.3) is 0 Å². The van der Waals surface area contributed by atoms with E-state index in [1.54, 1.807) is 14.2 Å². The number of para-hydroxylation sites is 1. The third kappa shape index (κ3) is 2.59. The van der Waals surface area contributed by atoms with E-state index in [9.17, 15) is 4.79 Å². The van der Waals surface area contributed by atoms with Gasteiger partial charge in [-0.15, -0.1) is 0 Å². The fourth-order valence-electron chi connectivity index (χ4n) is 2.62. The van der Waals surface area contributed by atoms with Gasteiger partial charge in [0.15, 0.2) is 0 Å². The van der Waals surface area contributed by atoms with Gasteiger partial charge in [0, 0.05) is 13.6 Å². The molecule has 2 rings (SSSR count). The van der Waals surface area contributed by atoms with Crippen LogP contribution in [0, 0.1) is 0 Å². The number of nitrogens with two attached hydrogens (primary N) is 1. The molecule has 0 aromatic heterocycles. The van der Waals surface area contributed by atoms with Gasteiger partial charge in [-0.1, -0.05) is 6.07 Å². The van der Waals surface area contributed by atoms with E-state index in [4.69, 9.17) is 10.5 Å². The number of ether oxygens (including phenoxy) is 1. The third-order valence-electron chi connectivity index (χ3n) is 3.62. The van der Waals surface area contributed by atoms with E-state index in [0.29, 0.717) is 11.4 Å². The molecule has 1 atom stereocenters. The Hall–Kier alpha value is -1.91. The van der Waals surface area contributed by atoms with Crippen LogP contribution in [0.3, 0.4) is 0 Å². The number of nitrogens with zero attached hydrogens (tertiary/aromatic N) is 1. The first-order valence-electron chi connectivity index (χ1n) is 6.59. The fraction of sp³-hybridized carbons (Fsp3) is 0.500. The van der Waals surface area contributed by atoms with Crippen molar-refractivity contribution in [1.82, 2.24) is 5.32 Å². The Kier molecular flexibility index (Phi) is 4.14. The lowest BCUT2D eigenvalue weighted by atomic mass is 10.00. The molecule has 1 unspecified atom stereocenters. The summed E-state index contributed by atoms with van der Waals surface area (Å²) in [5.41, 5.74) is 7.61. The van der Waals surface area contributed by atoms with Gasteiger partial charge in [0.05, 0.1) is 18.5 Å². The standard InChI is InChI=1S/C14H21N3O2/c1-16-14(18)11-6-3-4-9-17(11)10-7-5-8-12(19-2)13(10)15/h5,7-8,11H,3-4,6,9,15H2,1-2H3,(H,16,18). The highest BCUT2D eigenvalue weighted by Gasteiger charge is 2.29. The van der Waals surface area contributed by atoms with Gasteiger partial charge in [-0.2, -0.15) is 0 Å². The van der Waals surface area contributed by atoms with E-state index in [-0.39, 0.29) is 11.9 Å². The summed E-state index contributed by atoms with van der Waals surface area (Å²) in [4.78, 5) is 14.1. The monoisotopic (exact) mass is 263 g/mol. The van der Waals surface area contributed by atoms with Crippen molar-refractivity contribution in [2.24, 2.45) is 0 Å². The second kappa shape index (κ2) is 5.82. The highest BCUT2D eigenvalue weighted by atomic mass is 16.5. The van der Waals surface area contributed by atoms with Gasteiger partial charge in [-0.05, 0) is 31.4 Å². The predicted molar refractivity (Wildman–Crippen MR) is 76.5 cm³/mol. The molecule has 1 saturated heterocycles. The van der Waals surface area contributed by atoms with Crippen LogP contribution in [0.5, 0.6) is 5.75 Å². The minimum absolute atomic E-state index is 0.0434. The average molecular weight is 263 g/mol. The zero-order chi connectivity index (χ0) is 13.8. The van der Waals surface area contributed by atoms with E-state index >= 15 is 0 Å². The molecule has 0 bridgehead atoms. The van der Waals surface area contributed by atoms with Gasteiger partial charge in [0.25, 0.3) is 0 Å². The zero-order valence-corrected chi connectivity index (χ0v) is 11.5. The molecule has 5 nitrogen and oxygen atoms in total. The summed E-state index contributed by atoms with van der Waals surface area (Å²) in [5, 5.41) is 2.73. The van der Waals surface area contributed by atoms with Crippen molar-refractivity contribution in [2.75, 3.05) is 31.3 Å². The van der Waals surface area contributed by atoms with Gasteiger partial charge in [0.1, 0.15) is 11.8 Å². The number of rotatable bonds is 3. The summed E-state index contributed by atoms with van der Waals surface area (Å²) in [6.45, 7) is 0.843. The first-order chi connectivity index (χ1) is 9.19. The fourth-order valence-corrected chi connectivity index (χ4v) is 2.62. The Morgan fingerprint density at radius 3 is 2.95 bits per heavy atom. The number of anilines is 2. The highest BCUT2D eigenvalue weighted by molar-refractivity contribution is 5.87. The van der Waals surface area contributed by atoms with Crippen LogP contribution in [0.4, 0.5) is 11.4 Å². The van der Waals surface area contributed by atoms with Crippen LogP contribution in [0.15, 0.2) is 18.2 Å². The third-order valence-corrected chi connectivity index (χ3v) is 3.62. The number of amides is 1. The molecule has 104 valence electrons. The molecule has 1 aliphatic rings. The molecule has 3 N–H and O–H groups in total. The molecule has 1 aromatic carbocycles. The number of carbonyl (C=O) groups is 1. The lowest BCUT2D eigenvalue weighted by molar-refractivity contribution is -0.122. The summed E-state index contributed by atoms with van der Waals surface area (Å²) in [6.07, 6.45) is 3.00. The average Bonchev–Trinajstić information content (AvgIpc) is 2.47. The van der Waals surface area contributed by atoms with Crippen molar-refractivity contribution in [3.8, 4) is 5.75 Å². The van der Waals surface area contributed by atoms with Crippen molar-refractivity contribution in [3.05, 3.63) is 18.2 Å². The number of hydrogen-bond donors (Lipinski definition) is 2. The van der Waals surface area contributed by atoms with E-state index in [1.165, 1.54) is 0 Å². The van der Waals surface area contributed by atoms with Gasteiger partial charge in [-0.25, -0.2) is 0 Å². The SMILES string of the molecule is CNC(=O)C1CCCCN1c1cccc(OC)c1N. The van der Waals surface area contributed by atoms with Gasteiger partial charge < -0.3 is 20.7 Å². The Bertz CT molecular complexity index is 462. The van der Waals surface area contributed by atoms with Crippen LogP contribution in [0.2, 0.25) is 0 Å². The molecule has 1 fully saturated rings. The quantitative estimate of drug-likeness (QED) is 0.809. The van der Waals surface area contributed by atoms with Crippen molar-refractivity contribution in [3.63, 3.8) is 0 Å². The van der Waals surface area contributed by atoms with Crippen LogP contribution < -0.4 is 20.7 Å². The maximum absolute atomic E-state index is 12.0. The summed E-state index contributed by atoms with van der Waals surface area (Å²) in [6, 6.07) is 5.53. The number of nitrogen functional groups attached to an aromatic ring is 1. The molecule has 0 radical (unpaired) electrons. The topological polar surface area (TPSA) is 67.6 Å². The molecule has 1 amide bonds. The Morgan fingerprint density at radius 2 is 2.26 bits per heavy atom. The largest absolute Gasteiger partial charge is 0.495 e. The number of likely N-dealkylation sites (N-methyl/N-ethyl adjacent to an activating group) is 1. The zero-order valence-electron chi connectivity index (χ0n) is 11.5. The minimum Gasteiger partial charge on any atom is -0.495 e. The van der Waals surface area contributed by atoms with Crippen LogP contribution in [0.1, 0.15) is 19.3 Å². The normalized spacial score (nSPS) is 19.1. The molecule has 0 spiro atoms. The summed E-state index contributed by atoms with van der Waals surface area (Å²) >= 11 is 0. The second-order valence-electron chi connectivity index (χ2n) is 4.71. The number of benzene rings is 1. The first kappa shape index (κ1) is 13.5. The molecule has 19 heavy (non-hydrogen) atoms. The lowest BCUT2D eigenvalue weighted by Gasteiger charge is -2.37. The van der Waals surface area contributed by atoms with Gasteiger partial charge in [-0.3, -0.25) is 4.79 Å². The van der Waals surface area contributed by atoms with E-state index < -0.39 is 0 Å². The van der Waals surface area contributed by atoms with Crippen LogP contribution in [-0.4, -0.2) is 32.7 Å². The molecule has 1 heterocycles.